The highest BCUT2D eigenvalue weighted by Crippen LogP contribution is 2.47. The molecule has 1 unspecified atom stereocenters. The van der Waals surface area contributed by atoms with Gasteiger partial charge in [0.15, 0.2) is 0 Å². The number of ether oxygens (including phenoxy) is 1. The summed E-state index contributed by atoms with van der Waals surface area (Å²) in [5.74, 6) is 2.29. The maximum Gasteiger partial charge on any atom is 0.137 e. The molecule has 3 aromatic carbocycles. The van der Waals surface area contributed by atoms with E-state index >= 15 is 0 Å². The number of nitrogens with one attached hydrogen (secondary N) is 1. The third kappa shape index (κ3) is 3.22. The summed E-state index contributed by atoms with van der Waals surface area (Å²) in [5, 5.41) is 5.86. The zero-order chi connectivity index (χ0) is 23.7. The largest absolute Gasteiger partial charge is 0.456 e. The molecule has 2 heteroatoms. The number of rotatable bonds is 3. The lowest BCUT2D eigenvalue weighted by molar-refractivity contribution is 0.369. The topological polar surface area (TPSA) is 21.3 Å². The van der Waals surface area contributed by atoms with Crippen LogP contribution >= 0.6 is 0 Å². The first-order valence-corrected chi connectivity index (χ1v) is 12.1. The Bertz CT molecular complexity index is 1360. The van der Waals surface area contributed by atoms with Crippen LogP contribution in [-0.4, -0.2) is 6.04 Å². The van der Waals surface area contributed by atoms with Gasteiger partial charge in [-0.05, 0) is 58.4 Å². The van der Waals surface area contributed by atoms with E-state index in [4.69, 9.17) is 4.74 Å². The fourth-order valence-electron chi connectivity index (χ4n) is 5.15. The summed E-state index contributed by atoms with van der Waals surface area (Å²) in [6.45, 7) is 20.5. The molecule has 33 heavy (non-hydrogen) atoms. The van der Waals surface area contributed by atoms with E-state index < -0.39 is 0 Å². The van der Waals surface area contributed by atoms with E-state index in [1.165, 1.54) is 33.5 Å². The first kappa shape index (κ1) is 21.8. The van der Waals surface area contributed by atoms with Crippen molar-refractivity contribution in [2.45, 2.75) is 65.3 Å². The number of fused-ring (bicyclic) bond motifs is 3. The monoisotopic (exact) mass is 437 g/mol. The second-order valence-corrected chi connectivity index (χ2v) is 11.2. The van der Waals surface area contributed by atoms with Crippen molar-refractivity contribution < 1.29 is 4.74 Å². The Morgan fingerprint density at radius 1 is 1.00 bits per heavy atom. The highest BCUT2D eigenvalue weighted by Gasteiger charge is 2.38. The molecule has 1 N–H and O–H groups in total. The molecule has 3 aromatic rings. The van der Waals surface area contributed by atoms with E-state index in [2.05, 4.69) is 115 Å². The second-order valence-electron chi connectivity index (χ2n) is 11.2. The summed E-state index contributed by atoms with van der Waals surface area (Å²) in [6.07, 6.45) is 0. The van der Waals surface area contributed by atoms with Crippen LogP contribution in [-0.2, 0) is 10.8 Å². The molecule has 0 aromatic heterocycles. The van der Waals surface area contributed by atoms with Crippen LogP contribution < -0.4 is 20.5 Å². The normalized spacial score (nSPS) is 18.3. The molecule has 0 fully saturated rings. The summed E-state index contributed by atoms with van der Waals surface area (Å²) < 4.78 is 6.57. The van der Waals surface area contributed by atoms with Gasteiger partial charge in [0.2, 0.25) is 0 Å². The fraction of sp³-hybridized carbons (Fsp3) is 0.355. The zero-order valence-electron chi connectivity index (χ0n) is 21.0. The summed E-state index contributed by atoms with van der Waals surface area (Å²) in [7, 11) is 0. The van der Waals surface area contributed by atoms with Crippen LogP contribution in [0.15, 0.2) is 54.6 Å². The van der Waals surface area contributed by atoms with Gasteiger partial charge >= 0.3 is 0 Å². The van der Waals surface area contributed by atoms with E-state index in [1.54, 1.807) is 0 Å². The van der Waals surface area contributed by atoms with Crippen LogP contribution in [0, 0.1) is 5.92 Å². The van der Waals surface area contributed by atoms with Gasteiger partial charge < -0.3 is 10.1 Å². The van der Waals surface area contributed by atoms with Crippen LogP contribution in [0.1, 0.15) is 70.7 Å². The van der Waals surface area contributed by atoms with Gasteiger partial charge in [0.05, 0.1) is 0 Å². The predicted octanol–water partition coefficient (Wildman–Crippen LogP) is 6.48. The maximum atomic E-state index is 6.57. The van der Waals surface area contributed by atoms with Crippen molar-refractivity contribution in [1.82, 2.24) is 0 Å². The van der Waals surface area contributed by atoms with Crippen molar-refractivity contribution in [1.29, 1.82) is 0 Å². The third-order valence-corrected chi connectivity index (χ3v) is 8.43. The molecule has 0 amide bonds. The van der Waals surface area contributed by atoms with Gasteiger partial charge in [0.25, 0.3) is 0 Å². The summed E-state index contributed by atoms with van der Waals surface area (Å²) in [6, 6.07) is 20.1. The number of anilines is 1. The van der Waals surface area contributed by atoms with Gasteiger partial charge in [-0.3, -0.25) is 0 Å². The highest BCUT2D eigenvalue weighted by atomic mass is 16.5. The van der Waals surface area contributed by atoms with Crippen molar-refractivity contribution >= 4 is 17.8 Å². The quantitative estimate of drug-likeness (QED) is 0.396. The Hall–Kier alpha value is -3.00. The van der Waals surface area contributed by atoms with Crippen LogP contribution in [0.3, 0.4) is 0 Å². The van der Waals surface area contributed by atoms with Gasteiger partial charge in [0.1, 0.15) is 11.5 Å². The SMILES string of the molecule is C=c1cc2c(cc1C(C)(C)C(C)C)=C(c1ccccc1)c1cc3c(cc1O2)NC(C)C3(C)C. The van der Waals surface area contributed by atoms with Gasteiger partial charge in [-0.15, -0.1) is 0 Å². The maximum absolute atomic E-state index is 6.57. The van der Waals surface area contributed by atoms with Crippen molar-refractivity contribution in [2.75, 3.05) is 5.32 Å². The van der Waals surface area contributed by atoms with Crippen LogP contribution in [0.4, 0.5) is 5.69 Å². The van der Waals surface area contributed by atoms with Crippen LogP contribution in [0.2, 0.25) is 0 Å². The Morgan fingerprint density at radius 2 is 1.70 bits per heavy atom. The highest BCUT2D eigenvalue weighted by molar-refractivity contribution is 5.87. The first-order chi connectivity index (χ1) is 15.5. The zero-order valence-corrected chi connectivity index (χ0v) is 21.0. The van der Waals surface area contributed by atoms with Gasteiger partial charge in [-0.2, -0.15) is 0 Å². The van der Waals surface area contributed by atoms with Crippen LogP contribution in [0.25, 0.3) is 12.2 Å². The lowest BCUT2D eigenvalue weighted by atomic mass is 9.74. The molecule has 0 radical (unpaired) electrons. The minimum atomic E-state index is 0.00741. The van der Waals surface area contributed by atoms with E-state index in [-0.39, 0.29) is 10.8 Å². The standard InChI is InChI=1S/C31H35NO/c1-18(2)30(5,6)24-15-22-27(14-19(24)3)33-28-17-26-25(31(7,8)20(4)32-26)16-23(28)29(22)21-12-10-9-11-13-21/h9-18,20,32H,3H2,1-2,4-8H3. The van der Waals surface area contributed by atoms with Crippen molar-refractivity contribution in [2.24, 2.45) is 5.92 Å². The second kappa shape index (κ2) is 7.25. The van der Waals surface area contributed by atoms with E-state index in [9.17, 15) is 0 Å². The lowest BCUT2D eigenvalue weighted by Gasteiger charge is -2.32. The van der Waals surface area contributed by atoms with Gasteiger partial charge in [0, 0.05) is 39.6 Å². The van der Waals surface area contributed by atoms with Gasteiger partial charge in [-0.25, -0.2) is 0 Å². The first-order valence-electron chi connectivity index (χ1n) is 12.1. The molecule has 2 heterocycles. The molecule has 0 aliphatic carbocycles. The molecule has 2 aliphatic heterocycles. The van der Waals surface area contributed by atoms with E-state index in [0.29, 0.717) is 12.0 Å². The average molecular weight is 438 g/mol. The van der Waals surface area contributed by atoms with E-state index in [1.807, 2.05) is 0 Å². The lowest BCUT2D eigenvalue weighted by Crippen LogP contribution is -2.33. The fourth-order valence-corrected chi connectivity index (χ4v) is 5.15. The summed E-state index contributed by atoms with van der Waals surface area (Å²) >= 11 is 0. The summed E-state index contributed by atoms with van der Waals surface area (Å²) in [5.41, 5.74) is 7.49. The minimum absolute atomic E-state index is 0.00741. The third-order valence-electron chi connectivity index (χ3n) is 8.43. The Kier molecular flexibility index (Phi) is 4.79. The Labute approximate surface area is 198 Å². The number of hydrogen-bond donors (Lipinski definition) is 1. The smallest absolute Gasteiger partial charge is 0.137 e. The van der Waals surface area contributed by atoms with Crippen molar-refractivity contribution in [3.8, 4) is 11.5 Å². The summed E-state index contributed by atoms with van der Waals surface area (Å²) in [4.78, 5) is 0. The molecular formula is C31H35NO. The predicted molar refractivity (Wildman–Crippen MR) is 140 cm³/mol. The van der Waals surface area contributed by atoms with E-state index in [0.717, 1.165) is 21.9 Å². The Balaban J connectivity index is 1.88. The minimum Gasteiger partial charge on any atom is -0.456 e. The van der Waals surface area contributed by atoms with Crippen molar-refractivity contribution in [3.05, 3.63) is 87.3 Å². The molecule has 0 bridgehead atoms. The van der Waals surface area contributed by atoms with Crippen LogP contribution in [0.5, 0.6) is 11.5 Å². The molecule has 2 aliphatic rings. The molecule has 0 saturated heterocycles. The number of benzene rings is 3. The molecule has 1 atom stereocenters. The molecule has 0 spiro atoms. The molecule has 170 valence electrons. The molecule has 5 rings (SSSR count). The molecule has 0 saturated carbocycles. The Morgan fingerprint density at radius 3 is 2.36 bits per heavy atom. The average Bonchev–Trinajstić information content (AvgIpc) is 2.98. The number of hydrogen-bond acceptors (Lipinski definition) is 2. The van der Waals surface area contributed by atoms with Crippen molar-refractivity contribution in [3.63, 3.8) is 0 Å². The molecular weight excluding hydrogens is 402 g/mol. The van der Waals surface area contributed by atoms with Gasteiger partial charge in [-0.1, -0.05) is 78.5 Å². The molecule has 2 nitrogen and oxygen atoms in total.